The van der Waals surface area contributed by atoms with Gasteiger partial charge >= 0.3 is 5.69 Å². The van der Waals surface area contributed by atoms with Crippen LogP contribution in [0.25, 0.3) is 6.08 Å². The number of nitriles is 1. The molecule has 0 bridgehead atoms. The Morgan fingerprint density at radius 3 is 2.35 bits per heavy atom. The van der Waals surface area contributed by atoms with Crippen molar-refractivity contribution in [2.45, 2.75) is 0 Å². The van der Waals surface area contributed by atoms with Gasteiger partial charge in [0.25, 0.3) is 11.6 Å². The first-order chi connectivity index (χ1) is 16.2. The van der Waals surface area contributed by atoms with Crippen LogP contribution in [0.1, 0.15) is 5.56 Å². The van der Waals surface area contributed by atoms with Crippen LogP contribution >= 0.6 is 23.2 Å². The van der Waals surface area contributed by atoms with Crippen molar-refractivity contribution < 1.29 is 19.4 Å². The summed E-state index contributed by atoms with van der Waals surface area (Å²) < 4.78 is 5.49. The van der Waals surface area contributed by atoms with Gasteiger partial charge in [-0.2, -0.15) is 5.26 Å². The summed E-state index contributed by atoms with van der Waals surface area (Å²) in [6, 6.07) is 15.4. The van der Waals surface area contributed by atoms with E-state index < -0.39 is 27.1 Å². The molecule has 0 aliphatic carbocycles. The molecule has 0 saturated carbocycles. The van der Waals surface area contributed by atoms with Crippen molar-refractivity contribution in [3.05, 3.63) is 102 Å². The average Bonchev–Trinajstić information content (AvgIpc) is 2.81. The molecule has 3 aromatic rings. The van der Waals surface area contributed by atoms with Gasteiger partial charge in [0.15, 0.2) is 0 Å². The highest BCUT2D eigenvalue weighted by Crippen LogP contribution is 2.34. The number of carbonyl (C=O) groups excluding carboxylic acids is 1. The summed E-state index contributed by atoms with van der Waals surface area (Å²) in [6.45, 7) is 0. The maximum absolute atomic E-state index is 12.5. The topological polar surface area (TPSA) is 148 Å². The monoisotopic (exact) mass is 498 g/mol. The molecule has 170 valence electrons. The lowest BCUT2D eigenvalue weighted by Crippen LogP contribution is -2.13. The molecule has 0 atom stereocenters. The van der Waals surface area contributed by atoms with Crippen LogP contribution in [0.5, 0.6) is 11.5 Å². The number of hydrogen-bond donors (Lipinski definition) is 1. The van der Waals surface area contributed by atoms with E-state index in [1.807, 2.05) is 0 Å². The van der Waals surface area contributed by atoms with Crippen molar-refractivity contribution in [1.29, 1.82) is 5.26 Å². The number of ether oxygens (including phenoxy) is 1. The van der Waals surface area contributed by atoms with Gasteiger partial charge in [0, 0.05) is 6.07 Å². The van der Waals surface area contributed by atoms with E-state index in [-0.39, 0.29) is 32.8 Å². The third-order valence-electron chi connectivity index (χ3n) is 4.33. The number of carbonyl (C=O) groups is 1. The summed E-state index contributed by atoms with van der Waals surface area (Å²) in [5, 5.41) is 34.4. The van der Waals surface area contributed by atoms with Crippen LogP contribution in [-0.2, 0) is 4.79 Å². The predicted octanol–water partition coefficient (Wildman–Crippen LogP) is 6.15. The summed E-state index contributed by atoms with van der Waals surface area (Å²) in [5.41, 5.74) is -0.513. The Hall–Kier alpha value is -4.46. The number of non-ortho nitro benzene ring substituents is 1. The Labute approximate surface area is 201 Å². The SMILES string of the molecule is N#C/C(=C/c1ccc(Oc2ccc([N+](=O)[O-])cc2[N+](=O)[O-])cc1)C(=O)Nc1cccc(Cl)c1Cl. The Morgan fingerprint density at radius 2 is 1.74 bits per heavy atom. The van der Waals surface area contributed by atoms with Crippen LogP contribution in [0, 0.1) is 31.6 Å². The molecule has 0 aliphatic rings. The van der Waals surface area contributed by atoms with E-state index in [1.165, 1.54) is 36.4 Å². The number of nitrogens with one attached hydrogen (secondary N) is 1. The first-order valence-electron chi connectivity index (χ1n) is 9.27. The summed E-state index contributed by atoms with van der Waals surface area (Å²) in [4.78, 5) is 33.0. The van der Waals surface area contributed by atoms with Crippen molar-refractivity contribution in [2.75, 3.05) is 5.32 Å². The van der Waals surface area contributed by atoms with Gasteiger partial charge < -0.3 is 10.1 Å². The molecule has 10 nitrogen and oxygen atoms in total. The highest BCUT2D eigenvalue weighted by molar-refractivity contribution is 6.44. The molecule has 0 heterocycles. The van der Waals surface area contributed by atoms with Crippen molar-refractivity contribution in [1.82, 2.24) is 0 Å². The second kappa shape index (κ2) is 10.4. The van der Waals surface area contributed by atoms with Crippen molar-refractivity contribution in [3.8, 4) is 17.6 Å². The maximum atomic E-state index is 12.5. The number of rotatable bonds is 7. The molecular formula is C22H12Cl2N4O6. The standard InChI is InChI=1S/C22H12Cl2N4O6/c23-17-2-1-3-18(21(17)24)26-22(29)14(12-25)10-13-4-7-16(8-5-13)34-20-9-6-15(27(30)31)11-19(20)28(32)33/h1-11H,(H,26,29)/b14-10-. The zero-order valence-electron chi connectivity index (χ0n) is 16.9. The van der Waals surface area contributed by atoms with Crippen LogP contribution in [0.2, 0.25) is 10.0 Å². The fourth-order valence-electron chi connectivity index (χ4n) is 2.71. The quantitative estimate of drug-likeness (QED) is 0.177. The first-order valence-corrected chi connectivity index (χ1v) is 10.0. The van der Waals surface area contributed by atoms with E-state index in [2.05, 4.69) is 5.32 Å². The predicted molar refractivity (Wildman–Crippen MR) is 125 cm³/mol. The number of nitrogens with zero attached hydrogens (tertiary/aromatic N) is 3. The minimum Gasteiger partial charge on any atom is -0.450 e. The van der Waals surface area contributed by atoms with Crippen LogP contribution < -0.4 is 10.1 Å². The third kappa shape index (κ3) is 5.66. The molecular weight excluding hydrogens is 487 g/mol. The lowest BCUT2D eigenvalue weighted by molar-refractivity contribution is -0.394. The van der Waals surface area contributed by atoms with E-state index in [0.29, 0.717) is 5.56 Å². The Kier molecular flexibility index (Phi) is 7.43. The summed E-state index contributed by atoms with van der Waals surface area (Å²) >= 11 is 12.0. The van der Waals surface area contributed by atoms with E-state index in [9.17, 15) is 30.3 Å². The fourth-order valence-corrected chi connectivity index (χ4v) is 3.06. The molecule has 0 aromatic heterocycles. The van der Waals surface area contributed by atoms with E-state index in [0.717, 1.165) is 18.2 Å². The Bertz CT molecular complexity index is 1370. The summed E-state index contributed by atoms with van der Waals surface area (Å²) in [6.07, 6.45) is 1.33. The number of amides is 1. The van der Waals surface area contributed by atoms with Crippen LogP contribution in [-0.4, -0.2) is 15.8 Å². The minimum absolute atomic E-state index is 0.136. The zero-order chi connectivity index (χ0) is 24.8. The highest BCUT2D eigenvalue weighted by Gasteiger charge is 2.21. The number of halogens is 2. The van der Waals surface area contributed by atoms with E-state index in [1.54, 1.807) is 18.2 Å². The van der Waals surface area contributed by atoms with E-state index in [4.69, 9.17) is 27.9 Å². The Balaban J connectivity index is 1.79. The van der Waals surface area contributed by atoms with Crippen LogP contribution in [0.3, 0.4) is 0 Å². The Morgan fingerprint density at radius 1 is 1.03 bits per heavy atom. The largest absolute Gasteiger partial charge is 0.450 e. The molecule has 0 radical (unpaired) electrons. The number of nitro groups is 2. The molecule has 0 saturated heterocycles. The molecule has 0 unspecified atom stereocenters. The molecule has 1 N–H and O–H groups in total. The molecule has 1 amide bonds. The van der Waals surface area contributed by atoms with Crippen LogP contribution in [0.4, 0.5) is 17.1 Å². The zero-order valence-corrected chi connectivity index (χ0v) is 18.4. The van der Waals surface area contributed by atoms with Crippen molar-refractivity contribution in [3.63, 3.8) is 0 Å². The van der Waals surface area contributed by atoms with Gasteiger partial charge in [0.1, 0.15) is 17.4 Å². The van der Waals surface area contributed by atoms with Gasteiger partial charge in [-0.15, -0.1) is 0 Å². The number of nitro benzene ring substituents is 2. The molecule has 3 aromatic carbocycles. The minimum atomic E-state index is -0.788. The van der Waals surface area contributed by atoms with Gasteiger partial charge in [-0.05, 0) is 42.0 Å². The lowest BCUT2D eigenvalue weighted by Gasteiger charge is -2.08. The highest BCUT2D eigenvalue weighted by atomic mass is 35.5. The van der Waals surface area contributed by atoms with Gasteiger partial charge in [0.2, 0.25) is 5.75 Å². The fraction of sp³-hybridized carbons (Fsp3) is 0. The maximum Gasteiger partial charge on any atom is 0.318 e. The normalized spacial score (nSPS) is 10.8. The third-order valence-corrected chi connectivity index (χ3v) is 5.15. The smallest absolute Gasteiger partial charge is 0.318 e. The van der Waals surface area contributed by atoms with Gasteiger partial charge in [-0.25, -0.2) is 0 Å². The van der Waals surface area contributed by atoms with Crippen molar-refractivity contribution in [2.24, 2.45) is 0 Å². The average molecular weight is 499 g/mol. The molecule has 12 heteroatoms. The first kappa shape index (κ1) is 24.2. The number of benzene rings is 3. The molecule has 34 heavy (non-hydrogen) atoms. The number of hydrogen-bond acceptors (Lipinski definition) is 7. The van der Waals surface area contributed by atoms with Gasteiger partial charge in [-0.1, -0.05) is 41.4 Å². The molecule has 0 fully saturated rings. The second-order valence-electron chi connectivity index (χ2n) is 6.56. The van der Waals surface area contributed by atoms with E-state index >= 15 is 0 Å². The molecule has 0 aliphatic heterocycles. The molecule has 0 spiro atoms. The van der Waals surface area contributed by atoms with Gasteiger partial charge in [0.05, 0.1) is 31.6 Å². The second-order valence-corrected chi connectivity index (χ2v) is 7.35. The summed E-state index contributed by atoms with van der Waals surface area (Å²) in [7, 11) is 0. The van der Waals surface area contributed by atoms with Gasteiger partial charge in [-0.3, -0.25) is 25.0 Å². The lowest BCUT2D eigenvalue weighted by atomic mass is 10.1. The summed E-state index contributed by atoms with van der Waals surface area (Å²) in [5.74, 6) is -0.689. The van der Waals surface area contributed by atoms with Crippen LogP contribution in [0.15, 0.2) is 66.2 Å². The van der Waals surface area contributed by atoms with Crippen molar-refractivity contribution >= 4 is 52.2 Å². The number of anilines is 1. The molecule has 3 rings (SSSR count).